The molecule has 0 bridgehead atoms. The van der Waals surface area contributed by atoms with Crippen LogP contribution in [0.3, 0.4) is 0 Å². The van der Waals surface area contributed by atoms with Crippen LogP contribution in [-0.2, 0) is 6.61 Å². The molecule has 8 heteroatoms. The summed E-state index contributed by atoms with van der Waals surface area (Å²) in [5, 5.41) is 8.30. The molecule has 0 saturated carbocycles. The number of hydrogen-bond acceptors (Lipinski definition) is 4. The van der Waals surface area contributed by atoms with Crippen molar-refractivity contribution in [3.63, 3.8) is 0 Å². The number of anilines is 1. The Labute approximate surface area is 200 Å². The summed E-state index contributed by atoms with van der Waals surface area (Å²) >= 11 is 12.0. The molecule has 33 heavy (non-hydrogen) atoms. The maximum atomic E-state index is 12.6. The number of aromatic nitrogens is 2. The lowest BCUT2D eigenvalue weighted by Gasteiger charge is -2.10. The third-order valence-electron chi connectivity index (χ3n) is 4.88. The van der Waals surface area contributed by atoms with E-state index in [-0.39, 0.29) is 18.1 Å². The molecule has 0 saturated heterocycles. The van der Waals surface area contributed by atoms with Crippen LogP contribution in [0.5, 0.6) is 5.88 Å². The van der Waals surface area contributed by atoms with Gasteiger partial charge >= 0.3 is 0 Å². The minimum atomic E-state index is -0.319. The zero-order valence-corrected chi connectivity index (χ0v) is 19.1. The molecule has 0 aliphatic carbocycles. The molecule has 4 rings (SSSR count). The number of hydrogen-bond donors (Lipinski definition) is 1. The van der Waals surface area contributed by atoms with Crippen molar-refractivity contribution >= 4 is 34.8 Å². The second-order valence-electron chi connectivity index (χ2n) is 7.30. The van der Waals surface area contributed by atoms with Gasteiger partial charge in [-0.25, -0.2) is 0 Å². The van der Waals surface area contributed by atoms with Gasteiger partial charge in [-0.3, -0.25) is 9.59 Å². The largest absolute Gasteiger partial charge is 0.472 e. The van der Waals surface area contributed by atoms with Gasteiger partial charge in [-0.1, -0.05) is 41.4 Å². The topological polar surface area (TPSA) is 73.2 Å². The van der Waals surface area contributed by atoms with Crippen molar-refractivity contribution in [1.29, 1.82) is 0 Å². The molecular formula is C25H19Cl2N3O3. The van der Waals surface area contributed by atoms with Gasteiger partial charge < -0.3 is 10.1 Å². The summed E-state index contributed by atoms with van der Waals surface area (Å²) < 4.78 is 6.93. The normalized spacial score (nSPS) is 10.6. The second kappa shape index (κ2) is 9.90. The Morgan fingerprint density at radius 2 is 1.70 bits per heavy atom. The van der Waals surface area contributed by atoms with Crippen LogP contribution in [0.15, 0.2) is 83.7 Å². The first-order valence-electron chi connectivity index (χ1n) is 10.0. The Morgan fingerprint density at radius 3 is 2.39 bits per heavy atom. The molecule has 4 aromatic rings. The first-order valence-corrected chi connectivity index (χ1v) is 10.8. The fraction of sp³-hybridized carbons (Fsp3) is 0.0800. The van der Waals surface area contributed by atoms with E-state index in [4.69, 9.17) is 27.9 Å². The maximum absolute atomic E-state index is 12.6. The highest BCUT2D eigenvalue weighted by atomic mass is 35.5. The van der Waals surface area contributed by atoms with Crippen LogP contribution in [0, 0.1) is 6.92 Å². The molecule has 0 atom stereocenters. The van der Waals surface area contributed by atoms with Gasteiger partial charge in [0.05, 0.1) is 5.69 Å². The molecule has 0 radical (unpaired) electrons. The SMILES string of the molecule is Cc1ccc(NC(=O)c2ccc(-n3nc(OCc4ccc(Cl)cc4)ccc3=O)cc2)cc1Cl. The molecule has 1 N–H and O–H groups in total. The third-order valence-corrected chi connectivity index (χ3v) is 5.54. The minimum Gasteiger partial charge on any atom is -0.472 e. The maximum Gasteiger partial charge on any atom is 0.271 e. The predicted molar refractivity (Wildman–Crippen MR) is 130 cm³/mol. The van der Waals surface area contributed by atoms with Crippen molar-refractivity contribution in [2.75, 3.05) is 5.32 Å². The molecule has 1 amide bonds. The van der Waals surface area contributed by atoms with Crippen molar-refractivity contribution in [1.82, 2.24) is 9.78 Å². The van der Waals surface area contributed by atoms with E-state index in [1.807, 2.05) is 25.1 Å². The summed E-state index contributed by atoms with van der Waals surface area (Å²) in [6.45, 7) is 2.17. The Balaban J connectivity index is 1.47. The monoisotopic (exact) mass is 479 g/mol. The molecule has 6 nitrogen and oxygen atoms in total. The van der Waals surface area contributed by atoms with Crippen LogP contribution in [0.25, 0.3) is 5.69 Å². The summed E-state index contributed by atoms with van der Waals surface area (Å²) in [4.78, 5) is 24.9. The molecule has 0 aliphatic rings. The van der Waals surface area contributed by atoms with Crippen LogP contribution in [0.4, 0.5) is 5.69 Å². The van der Waals surface area contributed by atoms with Crippen molar-refractivity contribution in [3.8, 4) is 11.6 Å². The predicted octanol–water partition coefficient (Wildman–Crippen LogP) is 5.68. The zero-order chi connectivity index (χ0) is 23.4. The number of carbonyl (C=O) groups is 1. The molecular weight excluding hydrogens is 461 g/mol. The number of benzene rings is 3. The Morgan fingerprint density at radius 1 is 0.970 bits per heavy atom. The highest BCUT2D eigenvalue weighted by Crippen LogP contribution is 2.21. The molecule has 0 spiro atoms. The molecule has 166 valence electrons. The average Bonchev–Trinajstić information content (AvgIpc) is 2.82. The van der Waals surface area contributed by atoms with E-state index in [0.29, 0.717) is 32.9 Å². The van der Waals surface area contributed by atoms with Crippen molar-refractivity contribution in [3.05, 3.63) is 116 Å². The van der Waals surface area contributed by atoms with Gasteiger partial charge in [0.2, 0.25) is 5.88 Å². The van der Waals surface area contributed by atoms with E-state index in [2.05, 4.69) is 10.4 Å². The lowest BCUT2D eigenvalue weighted by molar-refractivity contribution is 0.102. The van der Waals surface area contributed by atoms with E-state index in [1.165, 1.54) is 16.8 Å². The van der Waals surface area contributed by atoms with E-state index >= 15 is 0 Å². The van der Waals surface area contributed by atoms with Gasteiger partial charge in [0.15, 0.2) is 0 Å². The van der Waals surface area contributed by atoms with Gasteiger partial charge in [-0.05, 0) is 66.6 Å². The first kappa shape index (κ1) is 22.6. The molecule has 0 fully saturated rings. The van der Waals surface area contributed by atoms with Crippen LogP contribution >= 0.6 is 23.2 Å². The summed E-state index contributed by atoms with van der Waals surface area (Å²) in [5.74, 6) is 0.00411. The van der Waals surface area contributed by atoms with Crippen molar-refractivity contribution in [2.24, 2.45) is 0 Å². The molecule has 0 aliphatic heterocycles. The lowest BCUT2D eigenvalue weighted by atomic mass is 10.1. The molecule has 3 aromatic carbocycles. The Hall–Kier alpha value is -3.61. The van der Waals surface area contributed by atoms with E-state index in [9.17, 15) is 9.59 Å². The number of rotatable bonds is 6. The van der Waals surface area contributed by atoms with Crippen LogP contribution in [0.2, 0.25) is 10.0 Å². The van der Waals surface area contributed by atoms with Crippen molar-refractivity contribution in [2.45, 2.75) is 13.5 Å². The Bertz CT molecular complexity index is 1350. The van der Waals surface area contributed by atoms with Gasteiger partial charge in [0, 0.05) is 33.4 Å². The third kappa shape index (κ3) is 5.61. The van der Waals surface area contributed by atoms with Crippen molar-refractivity contribution < 1.29 is 9.53 Å². The van der Waals surface area contributed by atoms with Gasteiger partial charge in [0.1, 0.15) is 6.61 Å². The first-order chi connectivity index (χ1) is 15.9. The molecule has 0 unspecified atom stereocenters. The van der Waals surface area contributed by atoms with E-state index in [0.717, 1.165) is 11.1 Å². The van der Waals surface area contributed by atoms with Crippen LogP contribution in [-0.4, -0.2) is 15.7 Å². The molecule has 1 heterocycles. The van der Waals surface area contributed by atoms with Crippen LogP contribution in [0.1, 0.15) is 21.5 Å². The molecule has 1 aromatic heterocycles. The fourth-order valence-electron chi connectivity index (χ4n) is 3.02. The Kier molecular flexibility index (Phi) is 6.77. The average molecular weight is 480 g/mol. The number of nitrogens with one attached hydrogen (secondary N) is 1. The van der Waals surface area contributed by atoms with E-state index in [1.54, 1.807) is 48.5 Å². The summed E-state index contributed by atoms with van der Waals surface area (Å²) in [6.07, 6.45) is 0. The number of ether oxygens (including phenoxy) is 1. The fourth-order valence-corrected chi connectivity index (χ4v) is 3.33. The van der Waals surface area contributed by atoms with Gasteiger partial charge in [-0.15, -0.1) is 5.10 Å². The summed E-state index contributed by atoms with van der Waals surface area (Å²) in [6, 6.07) is 22.0. The second-order valence-corrected chi connectivity index (χ2v) is 8.15. The smallest absolute Gasteiger partial charge is 0.271 e. The van der Waals surface area contributed by atoms with E-state index < -0.39 is 0 Å². The van der Waals surface area contributed by atoms with Gasteiger partial charge in [0.25, 0.3) is 11.5 Å². The zero-order valence-electron chi connectivity index (χ0n) is 17.6. The lowest BCUT2D eigenvalue weighted by Crippen LogP contribution is -2.20. The highest BCUT2D eigenvalue weighted by Gasteiger charge is 2.10. The standard InChI is InChI=1S/C25H19Cl2N3O3/c1-16-2-9-20(14-22(16)27)28-25(32)18-5-10-21(11-6-18)30-24(31)13-12-23(29-30)33-15-17-3-7-19(26)8-4-17/h2-14H,15H2,1H3,(H,28,32). The number of amides is 1. The highest BCUT2D eigenvalue weighted by molar-refractivity contribution is 6.31. The minimum absolute atomic E-state index is 0.282. The van der Waals surface area contributed by atoms with Crippen LogP contribution < -0.4 is 15.6 Å². The number of nitrogens with zero attached hydrogens (tertiary/aromatic N) is 2. The number of halogens is 2. The summed E-state index contributed by atoms with van der Waals surface area (Å²) in [5.41, 5.74) is 3.06. The van der Waals surface area contributed by atoms with Gasteiger partial charge in [-0.2, -0.15) is 4.68 Å². The number of carbonyl (C=O) groups excluding carboxylic acids is 1. The summed E-state index contributed by atoms with van der Waals surface area (Å²) in [7, 11) is 0. The number of aryl methyl sites for hydroxylation is 1. The quantitative estimate of drug-likeness (QED) is 0.386.